The molecular formula is C12H16N2OS. The minimum absolute atomic E-state index is 0.128. The van der Waals surface area contributed by atoms with Crippen molar-refractivity contribution in [2.45, 2.75) is 11.8 Å². The molecule has 0 bridgehead atoms. The number of nitrogens with one attached hydrogen (secondary N) is 2. The fourth-order valence-electron chi connectivity index (χ4n) is 1.56. The molecule has 0 saturated carbocycles. The average Bonchev–Trinajstić information content (AvgIpc) is 2.18. The van der Waals surface area contributed by atoms with E-state index in [1.807, 2.05) is 24.3 Å². The van der Waals surface area contributed by atoms with E-state index in [0.717, 1.165) is 29.4 Å². The monoisotopic (exact) mass is 236 g/mol. The Balaban J connectivity index is 2.04. The second-order valence-electron chi connectivity index (χ2n) is 3.77. The number of benzene rings is 1. The molecule has 4 heteroatoms. The van der Waals surface area contributed by atoms with Gasteiger partial charge in [-0.2, -0.15) is 0 Å². The lowest BCUT2D eigenvalue weighted by molar-refractivity contribution is -0.121. The van der Waals surface area contributed by atoms with Crippen molar-refractivity contribution in [2.75, 3.05) is 24.2 Å². The van der Waals surface area contributed by atoms with E-state index in [1.54, 1.807) is 11.8 Å². The number of carbonyl (C=O) groups is 1. The molecule has 1 aromatic carbocycles. The fraction of sp³-hybridized carbons (Fsp3) is 0.417. The third-order valence-electron chi connectivity index (χ3n) is 2.60. The molecule has 0 aromatic heterocycles. The second-order valence-corrected chi connectivity index (χ2v) is 5.08. The van der Waals surface area contributed by atoms with Gasteiger partial charge < -0.3 is 10.6 Å². The highest BCUT2D eigenvalue weighted by Gasteiger charge is 2.25. The molecular weight excluding hydrogens is 220 g/mol. The van der Waals surface area contributed by atoms with Gasteiger partial charge in [0.2, 0.25) is 5.91 Å². The number of amides is 1. The standard InChI is InChI=1S/C12H16N2OS/c1-2-16-11-6-4-3-5-10(11)14-12(15)9-7-13-8-9/h3-6,9,13H,2,7-8H2,1H3,(H,14,15). The Morgan fingerprint density at radius 1 is 1.50 bits per heavy atom. The van der Waals surface area contributed by atoms with Crippen molar-refractivity contribution in [1.29, 1.82) is 0 Å². The molecule has 1 saturated heterocycles. The molecule has 0 aliphatic carbocycles. The van der Waals surface area contributed by atoms with Crippen LogP contribution in [-0.4, -0.2) is 24.7 Å². The molecule has 0 radical (unpaired) electrons. The first-order valence-electron chi connectivity index (χ1n) is 5.54. The molecule has 0 atom stereocenters. The zero-order valence-corrected chi connectivity index (χ0v) is 10.1. The maximum absolute atomic E-state index is 11.8. The van der Waals surface area contributed by atoms with E-state index in [1.165, 1.54) is 0 Å². The third-order valence-corrected chi connectivity index (χ3v) is 3.55. The maximum atomic E-state index is 11.8. The van der Waals surface area contributed by atoms with Gasteiger partial charge in [-0.15, -0.1) is 11.8 Å². The van der Waals surface area contributed by atoms with Crippen molar-refractivity contribution in [2.24, 2.45) is 5.92 Å². The smallest absolute Gasteiger partial charge is 0.230 e. The summed E-state index contributed by atoms with van der Waals surface area (Å²) in [6, 6.07) is 7.96. The van der Waals surface area contributed by atoms with E-state index in [2.05, 4.69) is 17.6 Å². The van der Waals surface area contributed by atoms with Crippen molar-refractivity contribution in [3.05, 3.63) is 24.3 Å². The first-order valence-corrected chi connectivity index (χ1v) is 6.53. The Kier molecular flexibility index (Phi) is 3.85. The molecule has 2 N–H and O–H groups in total. The van der Waals surface area contributed by atoms with Crippen LogP contribution in [0.25, 0.3) is 0 Å². The van der Waals surface area contributed by atoms with Crippen LogP contribution >= 0.6 is 11.8 Å². The van der Waals surface area contributed by atoms with E-state index in [-0.39, 0.29) is 11.8 Å². The Hall–Kier alpha value is -1.00. The number of para-hydroxylation sites is 1. The molecule has 1 aliphatic heterocycles. The molecule has 1 heterocycles. The number of hydrogen-bond donors (Lipinski definition) is 2. The predicted octanol–water partition coefficient (Wildman–Crippen LogP) is 1.96. The number of thioether (sulfide) groups is 1. The molecule has 0 unspecified atom stereocenters. The van der Waals surface area contributed by atoms with Gasteiger partial charge in [0.05, 0.1) is 11.6 Å². The SMILES string of the molecule is CCSc1ccccc1NC(=O)C1CNC1. The summed E-state index contributed by atoms with van der Waals surface area (Å²) in [6.45, 7) is 3.71. The number of hydrogen-bond acceptors (Lipinski definition) is 3. The van der Waals surface area contributed by atoms with Crippen LogP contribution in [0.3, 0.4) is 0 Å². The minimum atomic E-state index is 0.128. The lowest BCUT2D eigenvalue weighted by Crippen LogP contribution is -2.48. The van der Waals surface area contributed by atoms with Crippen molar-refractivity contribution >= 4 is 23.4 Å². The first-order chi connectivity index (χ1) is 7.81. The van der Waals surface area contributed by atoms with Gasteiger partial charge in [0.1, 0.15) is 0 Å². The van der Waals surface area contributed by atoms with Crippen molar-refractivity contribution < 1.29 is 4.79 Å². The molecule has 1 fully saturated rings. The van der Waals surface area contributed by atoms with Crippen molar-refractivity contribution in [3.8, 4) is 0 Å². The quantitative estimate of drug-likeness (QED) is 0.785. The molecule has 1 aliphatic rings. The summed E-state index contributed by atoms with van der Waals surface area (Å²) >= 11 is 1.75. The first kappa shape index (κ1) is 11.5. The van der Waals surface area contributed by atoms with Crippen LogP contribution < -0.4 is 10.6 Å². The Morgan fingerprint density at radius 2 is 2.25 bits per heavy atom. The number of anilines is 1. The minimum Gasteiger partial charge on any atom is -0.325 e. The summed E-state index contributed by atoms with van der Waals surface area (Å²) in [5, 5.41) is 6.10. The topological polar surface area (TPSA) is 41.1 Å². The van der Waals surface area contributed by atoms with Crippen LogP contribution in [0.4, 0.5) is 5.69 Å². The molecule has 0 spiro atoms. The van der Waals surface area contributed by atoms with Crippen LogP contribution in [-0.2, 0) is 4.79 Å². The molecule has 16 heavy (non-hydrogen) atoms. The molecule has 2 rings (SSSR count). The van der Waals surface area contributed by atoms with Crippen LogP contribution in [0.1, 0.15) is 6.92 Å². The van der Waals surface area contributed by atoms with E-state index in [4.69, 9.17) is 0 Å². The second kappa shape index (κ2) is 5.37. The van der Waals surface area contributed by atoms with Gasteiger partial charge in [0.25, 0.3) is 0 Å². The van der Waals surface area contributed by atoms with Gasteiger partial charge >= 0.3 is 0 Å². The van der Waals surface area contributed by atoms with E-state index < -0.39 is 0 Å². The largest absolute Gasteiger partial charge is 0.325 e. The maximum Gasteiger partial charge on any atom is 0.230 e. The van der Waals surface area contributed by atoms with Crippen LogP contribution in [0.15, 0.2) is 29.2 Å². The van der Waals surface area contributed by atoms with E-state index >= 15 is 0 Å². The highest BCUT2D eigenvalue weighted by atomic mass is 32.2. The van der Waals surface area contributed by atoms with Gasteiger partial charge in [0, 0.05) is 18.0 Å². The van der Waals surface area contributed by atoms with Crippen molar-refractivity contribution in [3.63, 3.8) is 0 Å². The number of rotatable bonds is 4. The van der Waals surface area contributed by atoms with Crippen LogP contribution in [0.2, 0.25) is 0 Å². The average molecular weight is 236 g/mol. The summed E-state index contributed by atoms with van der Waals surface area (Å²) in [7, 11) is 0. The predicted molar refractivity (Wildman–Crippen MR) is 67.8 cm³/mol. The molecule has 1 amide bonds. The highest BCUT2D eigenvalue weighted by Crippen LogP contribution is 2.27. The molecule has 3 nitrogen and oxygen atoms in total. The normalized spacial score (nSPS) is 15.6. The summed E-state index contributed by atoms with van der Waals surface area (Å²) in [5.41, 5.74) is 0.936. The highest BCUT2D eigenvalue weighted by molar-refractivity contribution is 7.99. The lowest BCUT2D eigenvalue weighted by Gasteiger charge is -2.26. The molecule has 86 valence electrons. The Morgan fingerprint density at radius 3 is 2.88 bits per heavy atom. The lowest BCUT2D eigenvalue weighted by atomic mass is 10.0. The van der Waals surface area contributed by atoms with Crippen LogP contribution in [0.5, 0.6) is 0 Å². The zero-order chi connectivity index (χ0) is 11.4. The van der Waals surface area contributed by atoms with E-state index in [9.17, 15) is 4.79 Å². The Labute approximate surface area is 100.0 Å². The summed E-state index contributed by atoms with van der Waals surface area (Å²) in [4.78, 5) is 12.9. The van der Waals surface area contributed by atoms with Gasteiger partial charge in [-0.1, -0.05) is 19.1 Å². The number of carbonyl (C=O) groups excluding carboxylic acids is 1. The van der Waals surface area contributed by atoms with Gasteiger partial charge in [-0.25, -0.2) is 0 Å². The fourth-order valence-corrected chi connectivity index (χ4v) is 2.32. The summed E-state index contributed by atoms with van der Waals surface area (Å²) in [5.74, 6) is 1.28. The van der Waals surface area contributed by atoms with Gasteiger partial charge in [0.15, 0.2) is 0 Å². The summed E-state index contributed by atoms with van der Waals surface area (Å²) < 4.78 is 0. The Bertz CT molecular complexity index is 377. The van der Waals surface area contributed by atoms with Crippen molar-refractivity contribution in [1.82, 2.24) is 5.32 Å². The summed E-state index contributed by atoms with van der Waals surface area (Å²) in [6.07, 6.45) is 0. The van der Waals surface area contributed by atoms with Gasteiger partial charge in [-0.3, -0.25) is 4.79 Å². The third kappa shape index (κ3) is 2.57. The van der Waals surface area contributed by atoms with E-state index in [0.29, 0.717) is 0 Å². The van der Waals surface area contributed by atoms with Gasteiger partial charge in [-0.05, 0) is 17.9 Å². The molecule has 1 aromatic rings. The zero-order valence-electron chi connectivity index (χ0n) is 9.32. The van der Waals surface area contributed by atoms with Crippen LogP contribution in [0, 0.1) is 5.92 Å².